The summed E-state index contributed by atoms with van der Waals surface area (Å²) in [7, 11) is 0. The second-order valence-electron chi connectivity index (χ2n) is 7.91. The van der Waals surface area contributed by atoms with Crippen molar-refractivity contribution in [2.75, 3.05) is 19.8 Å². The molecule has 0 saturated carbocycles. The lowest BCUT2D eigenvalue weighted by Gasteiger charge is -2.32. The fourth-order valence-electron chi connectivity index (χ4n) is 2.99. The third-order valence-corrected chi connectivity index (χ3v) is 4.60. The molecule has 0 bridgehead atoms. The molecule has 34 heavy (non-hydrogen) atoms. The molecular formula is C24H41NO9. The molecule has 0 spiro atoms. The van der Waals surface area contributed by atoms with Crippen LogP contribution in [0.25, 0.3) is 0 Å². The van der Waals surface area contributed by atoms with Gasteiger partial charge in [-0.3, -0.25) is 19.2 Å². The molecule has 0 rings (SSSR count). The highest BCUT2D eigenvalue weighted by Gasteiger charge is 2.32. The molecule has 196 valence electrons. The highest BCUT2D eigenvalue weighted by Crippen LogP contribution is 2.15. The van der Waals surface area contributed by atoms with E-state index in [4.69, 9.17) is 23.7 Å². The van der Waals surface area contributed by atoms with Gasteiger partial charge in [0.15, 0.2) is 6.29 Å². The number of hydrogen-bond donors (Lipinski definition) is 1. The first-order valence-corrected chi connectivity index (χ1v) is 11.7. The van der Waals surface area contributed by atoms with Gasteiger partial charge in [-0.15, -0.1) is 0 Å². The van der Waals surface area contributed by atoms with Crippen LogP contribution in [-0.4, -0.2) is 68.2 Å². The minimum absolute atomic E-state index is 0.189. The van der Waals surface area contributed by atoms with Crippen molar-refractivity contribution in [3.05, 3.63) is 12.2 Å². The van der Waals surface area contributed by atoms with Gasteiger partial charge in [0.05, 0.1) is 0 Å². The van der Waals surface area contributed by atoms with Gasteiger partial charge in [0, 0.05) is 34.3 Å². The number of nitrogens with one attached hydrogen (secondary N) is 1. The number of ether oxygens (including phenoxy) is 5. The van der Waals surface area contributed by atoms with Crippen molar-refractivity contribution >= 4 is 23.8 Å². The second-order valence-corrected chi connectivity index (χ2v) is 7.91. The Hall–Kier alpha value is -2.46. The van der Waals surface area contributed by atoms with Crippen molar-refractivity contribution in [2.45, 2.75) is 98.2 Å². The number of carbonyl (C=O) groups excluding carboxylic acids is 4. The van der Waals surface area contributed by atoms with Crippen LogP contribution in [-0.2, 0) is 42.9 Å². The Morgan fingerprint density at radius 1 is 0.853 bits per heavy atom. The molecule has 0 aromatic carbocycles. The van der Waals surface area contributed by atoms with E-state index in [-0.39, 0.29) is 19.1 Å². The number of unbranched alkanes of at least 4 members (excludes halogenated alkanes) is 4. The number of hydrogen-bond acceptors (Lipinski definition) is 9. The van der Waals surface area contributed by atoms with Gasteiger partial charge in [0.25, 0.3) is 0 Å². The minimum atomic E-state index is -1.05. The maximum atomic E-state index is 11.8. The summed E-state index contributed by atoms with van der Waals surface area (Å²) < 4.78 is 27.3. The highest BCUT2D eigenvalue weighted by atomic mass is 16.7. The molecule has 1 amide bonds. The molecular weight excluding hydrogens is 446 g/mol. The molecule has 0 aromatic rings. The Balaban J connectivity index is 5.37. The number of amides is 1. The summed E-state index contributed by atoms with van der Waals surface area (Å²) >= 11 is 0. The Kier molecular flexibility index (Phi) is 17.5. The summed E-state index contributed by atoms with van der Waals surface area (Å²) in [4.78, 5) is 45.9. The normalized spacial score (nSPS) is 14.6. The van der Waals surface area contributed by atoms with Crippen molar-refractivity contribution in [2.24, 2.45) is 0 Å². The monoisotopic (exact) mass is 487 g/mol. The molecule has 10 heteroatoms. The summed E-state index contributed by atoms with van der Waals surface area (Å²) in [6.07, 6.45) is 6.29. The molecule has 0 radical (unpaired) electrons. The third kappa shape index (κ3) is 17.1. The number of carbonyl (C=O) groups is 4. The van der Waals surface area contributed by atoms with Crippen molar-refractivity contribution in [1.82, 2.24) is 5.32 Å². The number of allylic oxidation sites excluding steroid dienone is 2. The standard InChI is InChI=1S/C24H41NO9/c1-7-8-9-10-11-12-13-14-30-24(22(25-18(3)26)15-31-19(4)27)34-23(16-32-20(5)28)17(2)33-21(6)29/h7-8,17,22-24H,9-16H2,1-6H3,(H,25,26)/b8-7+/t17-,22+,23?,24?/m1/s1. The Morgan fingerprint density at radius 2 is 1.47 bits per heavy atom. The van der Waals surface area contributed by atoms with Gasteiger partial charge in [-0.05, 0) is 33.1 Å². The maximum absolute atomic E-state index is 11.8. The predicted octanol–water partition coefficient (Wildman–Crippen LogP) is 2.82. The fourth-order valence-corrected chi connectivity index (χ4v) is 2.99. The van der Waals surface area contributed by atoms with Crippen LogP contribution in [0, 0.1) is 0 Å². The van der Waals surface area contributed by atoms with Crippen LogP contribution in [0.2, 0.25) is 0 Å². The molecule has 10 nitrogen and oxygen atoms in total. The maximum Gasteiger partial charge on any atom is 0.302 e. The largest absolute Gasteiger partial charge is 0.463 e. The van der Waals surface area contributed by atoms with E-state index in [1.165, 1.54) is 27.7 Å². The first-order valence-electron chi connectivity index (χ1n) is 11.7. The molecule has 0 fully saturated rings. The molecule has 0 aromatic heterocycles. The van der Waals surface area contributed by atoms with Crippen molar-refractivity contribution in [3.8, 4) is 0 Å². The Morgan fingerprint density at radius 3 is 2.03 bits per heavy atom. The third-order valence-electron chi connectivity index (χ3n) is 4.60. The van der Waals surface area contributed by atoms with Crippen molar-refractivity contribution in [1.29, 1.82) is 0 Å². The topological polar surface area (TPSA) is 126 Å². The molecule has 2 unspecified atom stereocenters. The lowest BCUT2D eigenvalue weighted by molar-refractivity contribution is -0.223. The molecule has 0 aliphatic carbocycles. The first-order chi connectivity index (χ1) is 16.1. The predicted molar refractivity (Wildman–Crippen MR) is 125 cm³/mol. The fraction of sp³-hybridized carbons (Fsp3) is 0.750. The van der Waals surface area contributed by atoms with Crippen LogP contribution in [0.5, 0.6) is 0 Å². The molecule has 0 heterocycles. The van der Waals surface area contributed by atoms with E-state index in [0.29, 0.717) is 6.61 Å². The van der Waals surface area contributed by atoms with Crippen molar-refractivity contribution < 1.29 is 42.9 Å². The average molecular weight is 488 g/mol. The quantitative estimate of drug-likeness (QED) is 0.102. The van der Waals surface area contributed by atoms with Crippen LogP contribution in [0.4, 0.5) is 0 Å². The van der Waals surface area contributed by atoms with Gasteiger partial charge in [-0.25, -0.2) is 0 Å². The van der Waals surface area contributed by atoms with Crippen molar-refractivity contribution in [3.63, 3.8) is 0 Å². The lowest BCUT2D eigenvalue weighted by Crippen LogP contribution is -2.51. The summed E-state index contributed by atoms with van der Waals surface area (Å²) in [5.41, 5.74) is 0. The first kappa shape index (κ1) is 31.5. The smallest absolute Gasteiger partial charge is 0.302 e. The van der Waals surface area contributed by atoms with E-state index in [1.54, 1.807) is 6.92 Å². The molecule has 0 saturated heterocycles. The molecule has 4 atom stereocenters. The molecule has 0 aliphatic rings. The van der Waals surface area contributed by atoms with Crippen LogP contribution >= 0.6 is 0 Å². The average Bonchev–Trinajstić information content (AvgIpc) is 2.73. The van der Waals surface area contributed by atoms with Gasteiger partial charge >= 0.3 is 17.9 Å². The Bertz CT molecular complexity index is 650. The van der Waals surface area contributed by atoms with Gasteiger partial charge in [0.2, 0.25) is 5.91 Å². The molecule has 0 aliphatic heterocycles. The van der Waals surface area contributed by atoms with E-state index in [0.717, 1.165) is 32.1 Å². The zero-order valence-corrected chi connectivity index (χ0v) is 21.3. The summed E-state index contributed by atoms with van der Waals surface area (Å²) in [5, 5.41) is 2.67. The van der Waals surface area contributed by atoms with Crippen LogP contribution < -0.4 is 5.32 Å². The zero-order chi connectivity index (χ0) is 25.9. The van der Waals surface area contributed by atoms with Crippen LogP contribution in [0.1, 0.15) is 73.6 Å². The summed E-state index contributed by atoms with van der Waals surface area (Å²) in [6.45, 7) is 8.60. The highest BCUT2D eigenvalue weighted by molar-refractivity contribution is 5.73. The van der Waals surface area contributed by atoms with Gasteiger partial charge in [0.1, 0.15) is 31.5 Å². The number of rotatable bonds is 18. The van der Waals surface area contributed by atoms with E-state index >= 15 is 0 Å². The van der Waals surface area contributed by atoms with Gasteiger partial charge in [-0.1, -0.05) is 25.0 Å². The van der Waals surface area contributed by atoms with Gasteiger partial charge < -0.3 is 29.0 Å². The van der Waals surface area contributed by atoms with E-state index in [1.807, 2.05) is 13.0 Å². The molecule has 1 N–H and O–H groups in total. The van der Waals surface area contributed by atoms with Gasteiger partial charge in [-0.2, -0.15) is 0 Å². The Labute approximate surface area is 202 Å². The lowest BCUT2D eigenvalue weighted by atomic mass is 10.1. The van der Waals surface area contributed by atoms with Crippen LogP contribution in [0.15, 0.2) is 12.2 Å². The SMILES string of the molecule is C/C=C/CCCCCCOC(OC(COC(C)=O)[C@@H](C)OC(C)=O)[C@H](COC(C)=O)NC(C)=O. The summed E-state index contributed by atoms with van der Waals surface area (Å²) in [5.74, 6) is -1.96. The van der Waals surface area contributed by atoms with E-state index < -0.39 is 42.4 Å². The minimum Gasteiger partial charge on any atom is -0.463 e. The number of esters is 3. The van der Waals surface area contributed by atoms with E-state index in [9.17, 15) is 19.2 Å². The zero-order valence-electron chi connectivity index (χ0n) is 21.3. The second kappa shape index (κ2) is 18.9. The van der Waals surface area contributed by atoms with E-state index in [2.05, 4.69) is 11.4 Å². The van der Waals surface area contributed by atoms with Crippen LogP contribution in [0.3, 0.4) is 0 Å². The summed E-state index contributed by atoms with van der Waals surface area (Å²) in [6, 6.07) is -0.833.